The van der Waals surface area contributed by atoms with Crippen LogP contribution < -0.4 is 5.32 Å². The zero-order chi connectivity index (χ0) is 14.5. The third-order valence-electron chi connectivity index (χ3n) is 2.39. The highest BCUT2D eigenvalue weighted by atomic mass is 35.5. The summed E-state index contributed by atoms with van der Waals surface area (Å²) < 4.78 is 26.1. The minimum absolute atomic E-state index is 0.0437. The largest absolute Gasteiger partial charge is 0.323 e. The number of carbonyl (C=O) groups excluding carboxylic acids is 1. The molecular formula is C14H10ClF2NOS. The van der Waals surface area contributed by atoms with Crippen molar-refractivity contribution in [1.82, 2.24) is 0 Å². The van der Waals surface area contributed by atoms with E-state index in [1.54, 1.807) is 12.1 Å². The zero-order valence-corrected chi connectivity index (χ0v) is 11.8. The van der Waals surface area contributed by atoms with Gasteiger partial charge in [-0.2, -0.15) is 0 Å². The Kier molecular flexibility index (Phi) is 4.98. The van der Waals surface area contributed by atoms with Gasteiger partial charge in [-0.1, -0.05) is 11.6 Å². The number of amides is 1. The van der Waals surface area contributed by atoms with Gasteiger partial charge in [0.2, 0.25) is 5.91 Å². The Bertz CT molecular complexity index is 619. The lowest BCUT2D eigenvalue weighted by Crippen LogP contribution is -2.15. The molecule has 0 radical (unpaired) electrons. The van der Waals surface area contributed by atoms with Crippen molar-refractivity contribution in [2.45, 2.75) is 4.90 Å². The molecule has 2 aromatic carbocycles. The van der Waals surface area contributed by atoms with Crippen LogP contribution in [0.3, 0.4) is 0 Å². The monoisotopic (exact) mass is 313 g/mol. The second kappa shape index (κ2) is 6.72. The van der Waals surface area contributed by atoms with Gasteiger partial charge >= 0.3 is 0 Å². The first-order valence-corrected chi connectivity index (χ1v) is 7.04. The number of rotatable bonds is 4. The molecule has 6 heteroatoms. The fraction of sp³-hybridized carbons (Fsp3) is 0.0714. The van der Waals surface area contributed by atoms with Crippen LogP contribution in [0.4, 0.5) is 14.5 Å². The van der Waals surface area contributed by atoms with E-state index in [1.807, 2.05) is 0 Å². The third kappa shape index (κ3) is 4.21. The molecule has 0 spiro atoms. The van der Waals surface area contributed by atoms with E-state index in [9.17, 15) is 13.6 Å². The fourth-order valence-electron chi connectivity index (χ4n) is 1.46. The predicted molar refractivity (Wildman–Crippen MR) is 77.2 cm³/mol. The number of thioether (sulfide) groups is 1. The van der Waals surface area contributed by atoms with E-state index >= 15 is 0 Å². The number of halogens is 3. The summed E-state index contributed by atoms with van der Waals surface area (Å²) in [5.74, 6) is -1.15. The fourth-order valence-corrected chi connectivity index (χ4v) is 2.33. The van der Waals surface area contributed by atoms with Crippen LogP contribution in [0.2, 0.25) is 5.02 Å². The molecule has 0 aliphatic heterocycles. The maximum atomic E-state index is 13.4. The van der Waals surface area contributed by atoms with Crippen LogP contribution in [-0.4, -0.2) is 11.7 Å². The zero-order valence-electron chi connectivity index (χ0n) is 10.2. The summed E-state index contributed by atoms with van der Waals surface area (Å²) in [5, 5.41) is 2.78. The van der Waals surface area contributed by atoms with Crippen LogP contribution in [0.15, 0.2) is 47.4 Å². The molecule has 2 rings (SSSR count). The van der Waals surface area contributed by atoms with Crippen LogP contribution >= 0.6 is 23.4 Å². The molecule has 1 amide bonds. The molecule has 0 saturated heterocycles. The maximum absolute atomic E-state index is 13.4. The number of nitrogens with one attached hydrogen (secondary N) is 1. The van der Waals surface area contributed by atoms with Crippen molar-refractivity contribution in [3.05, 3.63) is 59.1 Å². The molecule has 0 bridgehead atoms. The summed E-state index contributed by atoms with van der Waals surface area (Å²) in [6, 6.07) is 9.72. The summed E-state index contributed by atoms with van der Waals surface area (Å²) in [5.41, 5.74) is 0.0437. The summed E-state index contributed by atoms with van der Waals surface area (Å²) in [4.78, 5) is 12.5. The van der Waals surface area contributed by atoms with E-state index in [1.165, 1.54) is 42.1 Å². The van der Waals surface area contributed by atoms with Crippen molar-refractivity contribution in [2.24, 2.45) is 0 Å². The van der Waals surface area contributed by atoms with Crippen molar-refractivity contribution >= 4 is 35.0 Å². The Labute approximate surface area is 124 Å². The summed E-state index contributed by atoms with van der Waals surface area (Å²) in [7, 11) is 0. The molecule has 0 unspecified atom stereocenters. The van der Waals surface area contributed by atoms with E-state index in [4.69, 9.17) is 11.6 Å². The SMILES string of the molecule is O=C(CSc1ccc(F)cc1)Nc1cc(Cl)ccc1F. The maximum Gasteiger partial charge on any atom is 0.234 e. The lowest BCUT2D eigenvalue weighted by molar-refractivity contribution is -0.113. The molecule has 0 heterocycles. The lowest BCUT2D eigenvalue weighted by Gasteiger charge is -2.06. The summed E-state index contributed by atoms with van der Waals surface area (Å²) >= 11 is 6.96. The molecule has 104 valence electrons. The smallest absolute Gasteiger partial charge is 0.234 e. The second-order valence-corrected chi connectivity index (χ2v) is 5.40. The van der Waals surface area contributed by atoms with Crippen molar-refractivity contribution < 1.29 is 13.6 Å². The van der Waals surface area contributed by atoms with Gasteiger partial charge in [-0.15, -0.1) is 11.8 Å². The van der Waals surface area contributed by atoms with Crippen molar-refractivity contribution in [3.8, 4) is 0 Å². The second-order valence-electron chi connectivity index (χ2n) is 3.91. The van der Waals surface area contributed by atoms with Crippen LogP contribution in [-0.2, 0) is 4.79 Å². The number of anilines is 1. The molecule has 0 aliphatic rings. The Hall–Kier alpha value is -1.59. The number of carbonyl (C=O) groups is 1. The molecule has 2 aromatic rings. The lowest BCUT2D eigenvalue weighted by atomic mass is 10.3. The number of hydrogen-bond donors (Lipinski definition) is 1. The average molecular weight is 314 g/mol. The van der Waals surface area contributed by atoms with Crippen LogP contribution in [0, 0.1) is 11.6 Å². The van der Waals surface area contributed by atoms with E-state index in [-0.39, 0.29) is 23.2 Å². The summed E-state index contributed by atoms with van der Waals surface area (Å²) in [6.07, 6.45) is 0. The van der Waals surface area contributed by atoms with E-state index in [0.717, 1.165) is 4.90 Å². The van der Waals surface area contributed by atoms with Crippen molar-refractivity contribution in [1.29, 1.82) is 0 Å². The first kappa shape index (κ1) is 14.8. The average Bonchev–Trinajstić information content (AvgIpc) is 2.42. The molecule has 0 saturated carbocycles. The van der Waals surface area contributed by atoms with E-state index < -0.39 is 5.82 Å². The minimum Gasteiger partial charge on any atom is -0.323 e. The standard InChI is InChI=1S/C14H10ClF2NOS/c15-9-1-6-12(17)13(7-9)18-14(19)8-20-11-4-2-10(16)3-5-11/h1-7H,8H2,(H,18,19). The van der Waals surface area contributed by atoms with Crippen LogP contribution in [0.1, 0.15) is 0 Å². The van der Waals surface area contributed by atoms with Gasteiger partial charge < -0.3 is 5.32 Å². The normalized spacial score (nSPS) is 10.3. The third-order valence-corrected chi connectivity index (χ3v) is 3.63. The van der Waals surface area contributed by atoms with E-state index in [2.05, 4.69) is 5.32 Å². The van der Waals surface area contributed by atoms with Crippen molar-refractivity contribution in [3.63, 3.8) is 0 Å². The predicted octanol–water partition coefficient (Wildman–Crippen LogP) is 4.35. The Morgan fingerprint density at radius 1 is 1.15 bits per heavy atom. The molecule has 0 fully saturated rings. The minimum atomic E-state index is -0.547. The molecule has 1 N–H and O–H groups in total. The highest BCUT2D eigenvalue weighted by Crippen LogP contribution is 2.21. The van der Waals surface area contributed by atoms with Gasteiger partial charge in [0.05, 0.1) is 11.4 Å². The Morgan fingerprint density at radius 3 is 2.55 bits per heavy atom. The first-order valence-electron chi connectivity index (χ1n) is 5.68. The van der Waals surface area contributed by atoms with E-state index in [0.29, 0.717) is 5.02 Å². The van der Waals surface area contributed by atoms with Gasteiger partial charge in [0, 0.05) is 9.92 Å². The molecule has 20 heavy (non-hydrogen) atoms. The highest BCUT2D eigenvalue weighted by molar-refractivity contribution is 8.00. The van der Waals surface area contributed by atoms with Gasteiger partial charge in [-0.3, -0.25) is 4.79 Å². The Morgan fingerprint density at radius 2 is 1.85 bits per heavy atom. The van der Waals surface area contributed by atoms with Gasteiger partial charge in [0.15, 0.2) is 0 Å². The number of benzene rings is 2. The Balaban J connectivity index is 1.92. The van der Waals surface area contributed by atoms with Gasteiger partial charge in [0.25, 0.3) is 0 Å². The van der Waals surface area contributed by atoms with Crippen LogP contribution in [0.25, 0.3) is 0 Å². The van der Waals surface area contributed by atoms with Gasteiger partial charge in [-0.25, -0.2) is 8.78 Å². The number of hydrogen-bond acceptors (Lipinski definition) is 2. The molecule has 2 nitrogen and oxygen atoms in total. The summed E-state index contributed by atoms with van der Waals surface area (Å²) in [6.45, 7) is 0. The molecule has 0 atom stereocenters. The van der Waals surface area contributed by atoms with Crippen LogP contribution in [0.5, 0.6) is 0 Å². The molecule has 0 aromatic heterocycles. The topological polar surface area (TPSA) is 29.1 Å². The quantitative estimate of drug-likeness (QED) is 0.850. The van der Waals surface area contributed by atoms with Gasteiger partial charge in [0.1, 0.15) is 11.6 Å². The van der Waals surface area contributed by atoms with Gasteiger partial charge in [-0.05, 0) is 42.5 Å². The van der Waals surface area contributed by atoms with Crippen molar-refractivity contribution in [2.75, 3.05) is 11.1 Å². The molecular weight excluding hydrogens is 304 g/mol. The first-order chi connectivity index (χ1) is 9.54. The molecule has 0 aliphatic carbocycles. The highest BCUT2D eigenvalue weighted by Gasteiger charge is 2.08.